The summed E-state index contributed by atoms with van der Waals surface area (Å²) in [5.74, 6) is 0.765. The number of ether oxygens (including phenoxy) is 1. The largest absolute Gasteiger partial charge is 0.454 e. The fourth-order valence-corrected chi connectivity index (χ4v) is 2.65. The Bertz CT molecular complexity index is 681. The second-order valence-electron chi connectivity index (χ2n) is 3.99. The summed E-state index contributed by atoms with van der Waals surface area (Å²) in [7, 11) is -3.33. The molecule has 2 N–H and O–H groups in total. The van der Waals surface area contributed by atoms with Gasteiger partial charge in [0, 0.05) is 0 Å². The van der Waals surface area contributed by atoms with Crippen molar-refractivity contribution in [1.82, 2.24) is 0 Å². The van der Waals surface area contributed by atoms with Crippen LogP contribution in [0.25, 0.3) is 0 Å². The third-order valence-corrected chi connectivity index (χ3v) is 4.47. The smallest absolute Gasteiger partial charge is 0.181 e. The van der Waals surface area contributed by atoms with Crippen LogP contribution < -0.4 is 10.5 Å². The fourth-order valence-electron chi connectivity index (χ4n) is 1.64. The highest BCUT2D eigenvalue weighted by atomic mass is 32.2. The Hall–Kier alpha value is -2.01. The standard InChI is InChI=1S/C14H15NO3S/c1-2-19(16,17)14-10-6-5-9-13(14)18-12-8-4-3-7-11(12)15/h3-10H,2,15H2,1H3. The quantitative estimate of drug-likeness (QED) is 0.872. The van der Waals surface area contributed by atoms with Crippen molar-refractivity contribution >= 4 is 15.5 Å². The molecule has 0 atom stereocenters. The number of nitrogens with two attached hydrogens (primary N) is 1. The molecule has 2 rings (SSSR count). The molecule has 0 saturated carbocycles. The number of benzene rings is 2. The van der Waals surface area contributed by atoms with E-state index in [-0.39, 0.29) is 10.6 Å². The maximum atomic E-state index is 12.0. The zero-order valence-electron chi connectivity index (χ0n) is 10.5. The summed E-state index contributed by atoms with van der Waals surface area (Å²) in [6.45, 7) is 1.60. The minimum atomic E-state index is -3.33. The molecule has 0 unspecified atom stereocenters. The topological polar surface area (TPSA) is 69.4 Å². The summed E-state index contributed by atoms with van der Waals surface area (Å²) in [4.78, 5) is 0.181. The van der Waals surface area contributed by atoms with Gasteiger partial charge in [-0.2, -0.15) is 0 Å². The molecule has 0 aromatic heterocycles. The van der Waals surface area contributed by atoms with Crippen LogP contribution in [0.3, 0.4) is 0 Å². The van der Waals surface area contributed by atoms with Crippen LogP contribution in [0.1, 0.15) is 6.92 Å². The molecule has 2 aromatic carbocycles. The Morgan fingerprint density at radius 1 is 1.00 bits per heavy atom. The van der Waals surface area contributed by atoms with Crippen molar-refractivity contribution in [3.05, 3.63) is 48.5 Å². The van der Waals surface area contributed by atoms with Gasteiger partial charge >= 0.3 is 0 Å². The first-order valence-electron chi connectivity index (χ1n) is 5.88. The van der Waals surface area contributed by atoms with Crippen LogP contribution >= 0.6 is 0 Å². The average Bonchev–Trinajstić information content (AvgIpc) is 2.42. The average molecular weight is 277 g/mol. The highest BCUT2D eigenvalue weighted by Crippen LogP contribution is 2.32. The molecule has 0 amide bonds. The van der Waals surface area contributed by atoms with Gasteiger partial charge in [0.25, 0.3) is 0 Å². The normalized spacial score (nSPS) is 11.2. The second kappa shape index (κ2) is 5.32. The highest BCUT2D eigenvalue weighted by Gasteiger charge is 2.17. The Kier molecular flexibility index (Phi) is 3.76. The third kappa shape index (κ3) is 2.88. The maximum absolute atomic E-state index is 12.0. The van der Waals surface area contributed by atoms with Crippen LogP contribution in [-0.4, -0.2) is 14.2 Å². The van der Waals surface area contributed by atoms with Crippen molar-refractivity contribution in [3.63, 3.8) is 0 Å². The summed E-state index contributed by atoms with van der Waals surface area (Å²) >= 11 is 0. The van der Waals surface area contributed by atoms with E-state index in [0.717, 1.165) is 0 Å². The maximum Gasteiger partial charge on any atom is 0.181 e. The molecule has 0 aliphatic rings. The molecule has 5 heteroatoms. The molecule has 2 aromatic rings. The monoisotopic (exact) mass is 277 g/mol. The molecule has 0 aliphatic carbocycles. The third-order valence-electron chi connectivity index (χ3n) is 2.70. The molecule has 0 fully saturated rings. The van der Waals surface area contributed by atoms with Gasteiger partial charge in [-0.1, -0.05) is 31.2 Å². The summed E-state index contributed by atoms with van der Waals surface area (Å²) in [5.41, 5.74) is 6.25. The van der Waals surface area contributed by atoms with Crippen molar-refractivity contribution < 1.29 is 13.2 Å². The van der Waals surface area contributed by atoms with E-state index in [1.807, 2.05) is 0 Å². The van der Waals surface area contributed by atoms with Crippen molar-refractivity contribution in [2.75, 3.05) is 11.5 Å². The van der Waals surface area contributed by atoms with Crippen molar-refractivity contribution in [1.29, 1.82) is 0 Å². The van der Waals surface area contributed by atoms with E-state index in [1.54, 1.807) is 49.4 Å². The molecule has 0 spiro atoms. The first-order chi connectivity index (χ1) is 9.04. The first-order valence-corrected chi connectivity index (χ1v) is 7.54. The summed E-state index contributed by atoms with van der Waals surface area (Å²) in [5, 5.41) is 0. The van der Waals surface area contributed by atoms with Crippen LogP contribution in [-0.2, 0) is 9.84 Å². The van der Waals surface area contributed by atoms with E-state index >= 15 is 0 Å². The number of sulfone groups is 1. The Labute approximate surface area is 112 Å². The Morgan fingerprint density at radius 3 is 2.21 bits per heavy atom. The molecule has 0 aliphatic heterocycles. The molecule has 0 saturated heterocycles. The minimum Gasteiger partial charge on any atom is -0.454 e. The number of anilines is 1. The fraction of sp³-hybridized carbons (Fsp3) is 0.143. The van der Waals surface area contributed by atoms with E-state index < -0.39 is 9.84 Å². The van der Waals surface area contributed by atoms with Gasteiger partial charge in [0.15, 0.2) is 9.84 Å². The number of rotatable bonds is 4. The molecule has 100 valence electrons. The molecule has 0 radical (unpaired) electrons. The molecule has 0 heterocycles. The highest BCUT2D eigenvalue weighted by molar-refractivity contribution is 7.91. The van der Waals surface area contributed by atoms with Gasteiger partial charge in [-0.3, -0.25) is 0 Å². The predicted octanol–water partition coefficient (Wildman–Crippen LogP) is 2.85. The zero-order chi connectivity index (χ0) is 13.9. The van der Waals surface area contributed by atoms with Gasteiger partial charge in [0.2, 0.25) is 0 Å². The van der Waals surface area contributed by atoms with Crippen LogP contribution in [0.15, 0.2) is 53.4 Å². The van der Waals surface area contributed by atoms with E-state index in [1.165, 1.54) is 6.07 Å². The minimum absolute atomic E-state index is 0.0254. The SMILES string of the molecule is CCS(=O)(=O)c1ccccc1Oc1ccccc1N. The Balaban J connectivity index is 2.45. The van der Waals surface area contributed by atoms with E-state index in [4.69, 9.17) is 10.5 Å². The van der Waals surface area contributed by atoms with E-state index in [0.29, 0.717) is 17.2 Å². The number of nitrogen functional groups attached to an aromatic ring is 1. The van der Waals surface area contributed by atoms with Gasteiger partial charge in [-0.05, 0) is 24.3 Å². The lowest BCUT2D eigenvalue weighted by Gasteiger charge is -2.12. The molecule has 0 bridgehead atoms. The summed E-state index contributed by atoms with van der Waals surface area (Å²) < 4.78 is 29.6. The van der Waals surface area contributed by atoms with Crippen molar-refractivity contribution in [2.45, 2.75) is 11.8 Å². The van der Waals surface area contributed by atoms with Crippen LogP contribution in [0.5, 0.6) is 11.5 Å². The second-order valence-corrected chi connectivity index (χ2v) is 6.24. The number of para-hydroxylation sites is 3. The lowest BCUT2D eigenvalue weighted by atomic mass is 10.3. The Morgan fingerprint density at radius 2 is 1.58 bits per heavy atom. The summed E-state index contributed by atoms with van der Waals surface area (Å²) in [6.07, 6.45) is 0. The zero-order valence-corrected chi connectivity index (χ0v) is 11.4. The van der Waals surface area contributed by atoms with Crippen molar-refractivity contribution in [3.8, 4) is 11.5 Å². The summed E-state index contributed by atoms with van der Waals surface area (Å²) in [6, 6.07) is 13.5. The van der Waals surface area contributed by atoms with Gasteiger partial charge in [-0.25, -0.2) is 8.42 Å². The van der Waals surface area contributed by atoms with E-state index in [2.05, 4.69) is 0 Å². The molecule has 19 heavy (non-hydrogen) atoms. The van der Waals surface area contributed by atoms with Crippen LogP contribution in [0.4, 0.5) is 5.69 Å². The lowest BCUT2D eigenvalue weighted by molar-refractivity contribution is 0.470. The lowest BCUT2D eigenvalue weighted by Crippen LogP contribution is -2.05. The van der Waals surface area contributed by atoms with Crippen LogP contribution in [0, 0.1) is 0 Å². The van der Waals surface area contributed by atoms with E-state index in [9.17, 15) is 8.42 Å². The van der Waals surface area contributed by atoms with Gasteiger partial charge in [0.05, 0.1) is 11.4 Å². The molecular formula is C14H15NO3S. The number of hydrogen-bond donors (Lipinski definition) is 1. The predicted molar refractivity (Wildman–Crippen MR) is 75.1 cm³/mol. The van der Waals surface area contributed by atoms with Gasteiger partial charge in [0.1, 0.15) is 16.4 Å². The van der Waals surface area contributed by atoms with Gasteiger partial charge in [-0.15, -0.1) is 0 Å². The first kappa shape index (κ1) is 13.4. The molecular weight excluding hydrogens is 262 g/mol. The number of hydrogen-bond acceptors (Lipinski definition) is 4. The van der Waals surface area contributed by atoms with Crippen molar-refractivity contribution in [2.24, 2.45) is 0 Å². The van der Waals surface area contributed by atoms with Gasteiger partial charge < -0.3 is 10.5 Å². The van der Waals surface area contributed by atoms with Crippen LogP contribution in [0.2, 0.25) is 0 Å². The molecule has 4 nitrogen and oxygen atoms in total.